The number of carboxylic acid groups (broad SMARTS) is 2. The van der Waals surface area contributed by atoms with Crippen molar-refractivity contribution in [3.63, 3.8) is 0 Å². The maximum Gasteiger partial charge on any atom is 0.342 e. The molecule has 0 spiro atoms. The third-order valence-electron chi connectivity index (χ3n) is 2.71. The molecule has 0 aromatic carbocycles. The predicted molar refractivity (Wildman–Crippen MR) is 117 cm³/mol. The van der Waals surface area contributed by atoms with Crippen LogP contribution in [0.2, 0.25) is 0 Å². The number of carbonyl (C=O) groups excluding carboxylic acids is 2. The second-order valence-corrected chi connectivity index (χ2v) is 8.80. The fourth-order valence-electron chi connectivity index (χ4n) is 1.39. The Labute approximate surface area is 191 Å². The van der Waals surface area contributed by atoms with Gasteiger partial charge in [-0.3, -0.25) is 19.4 Å². The highest BCUT2D eigenvalue weighted by Gasteiger charge is 2.15. The molecule has 0 heterocycles. The van der Waals surface area contributed by atoms with E-state index in [0.717, 1.165) is 12.8 Å². The van der Waals surface area contributed by atoms with Crippen LogP contribution in [0.25, 0.3) is 0 Å². The van der Waals surface area contributed by atoms with Crippen LogP contribution in [0.5, 0.6) is 0 Å². The normalized spacial score (nSPS) is 10.6. The van der Waals surface area contributed by atoms with E-state index in [9.17, 15) is 19.2 Å². The molecule has 0 amide bonds. The summed E-state index contributed by atoms with van der Waals surface area (Å²) in [5.74, 6) is -2.35. The molecule has 0 atom stereocenters. The summed E-state index contributed by atoms with van der Waals surface area (Å²) in [6.45, 7) is 14.8. The van der Waals surface area contributed by atoms with Crippen molar-refractivity contribution < 1.29 is 48.9 Å². The van der Waals surface area contributed by atoms with Gasteiger partial charge in [-0.05, 0) is 67.2 Å². The third-order valence-corrected chi connectivity index (χ3v) is 2.71. The first-order valence-corrected chi connectivity index (χ1v) is 10.7. The summed E-state index contributed by atoms with van der Waals surface area (Å²) in [5, 5.41) is 16.3. The number of carboxylic acids is 2. The molecule has 0 aliphatic carbocycles. The van der Waals surface area contributed by atoms with E-state index in [0.29, 0.717) is 25.7 Å². The van der Waals surface area contributed by atoms with Crippen molar-refractivity contribution in [2.24, 2.45) is 0 Å². The molecular formula is C22H42O10. The zero-order chi connectivity index (χ0) is 25.8. The van der Waals surface area contributed by atoms with Crippen molar-refractivity contribution in [2.75, 3.05) is 0 Å². The van der Waals surface area contributed by atoms with E-state index < -0.39 is 23.1 Å². The van der Waals surface area contributed by atoms with Crippen LogP contribution < -0.4 is 0 Å². The van der Waals surface area contributed by atoms with Gasteiger partial charge in [-0.2, -0.15) is 9.78 Å². The zero-order valence-electron chi connectivity index (χ0n) is 20.8. The van der Waals surface area contributed by atoms with Crippen LogP contribution in [0.15, 0.2) is 0 Å². The highest BCUT2D eigenvalue weighted by atomic mass is 17.2. The lowest BCUT2D eigenvalue weighted by molar-refractivity contribution is -0.320. The molecule has 32 heavy (non-hydrogen) atoms. The summed E-state index contributed by atoms with van der Waals surface area (Å²) in [4.78, 5) is 59.9. The smallest absolute Gasteiger partial charge is 0.342 e. The van der Waals surface area contributed by atoms with Gasteiger partial charge >= 0.3 is 23.9 Å². The van der Waals surface area contributed by atoms with Crippen LogP contribution in [0.3, 0.4) is 0 Å². The molecule has 0 saturated carbocycles. The van der Waals surface area contributed by atoms with Gasteiger partial charge in [-0.15, -0.1) is 0 Å². The Morgan fingerprint density at radius 2 is 0.875 bits per heavy atom. The summed E-state index contributed by atoms with van der Waals surface area (Å²) in [7, 11) is 0. The maximum atomic E-state index is 10.7. The van der Waals surface area contributed by atoms with Crippen molar-refractivity contribution >= 4 is 23.9 Å². The van der Waals surface area contributed by atoms with E-state index in [1.807, 2.05) is 55.4 Å². The lowest BCUT2D eigenvalue weighted by atomic mass is 10.2. The number of unbranched alkanes of at least 4 members (excludes halogenated alkanes) is 1. The quantitative estimate of drug-likeness (QED) is 0.246. The molecule has 0 radical (unpaired) electrons. The lowest BCUT2D eigenvalue weighted by Gasteiger charge is -2.16. The molecule has 190 valence electrons. The largest absolute Gasteiger partial charge is 0.481 e. The minimum absolute atomic E-state index is 0.0628. The van der Waals surface area contributed by atoms with Gasteiger partial charge in [-0.1, -0.05) is 13.8 Å². The molecule has 10 heteroatoms. The van der Waals surface area contributed by atoms with E-state index in [1.54, 1.807) is 0 Å². The predicted octanol–water partition coefficient (Wildman–Crippen LogP) is 4.84. The van der Waals surface area contributed by atoms with Crippen molar-refractivity contribution in [3.05, 3.63) is 0 Å². The van der Waals surface area contributed by atoms with Crippen LogP contribution in [-0.2, 0) is 38.7 Å². The summed E-state index contributed by atoms with van der Waals surface area (Å²) in [6, 6.07) is 0. The Hall–Kier alpha value is -2.20. The lowest BCUT2D eigenvalue weighted by Crippen LogP contribution is -2.21. The van der Waals surface area contributed by atoms with Gasteiger partial charge in [0.1, 0.15) is 11.2 Å². The summed E-state index contributed by atoms with van der Waals surface area (Å²) in [6.07, 6.45) is 3.41. The molecule has 0 bridgehead atoms. The average Bonchev–Trinajstić information content (AvgIpc) is 2.62. The second kappa shape index (κ2) is 19.5. The first-order valence-electron chi connectivity index (χ1n) is 10.7. The fourth-order valence-corrected chi connectivity index (χ4v) is 1.39. The fraction of sp³-hybridized carbons (Fsp3) is 0.818. The van der Waals surface area contributed by atoms with Gasteiger partial charge in [0.15, 0.2) is 0 Å². The van der Waals surface area contributed by atoms with Crippen LogP contribution in [0.1, 0.15) is 107 Å². The highest BCUT2D eigenvalue weighted by Crippen LogP contribution is 2.08. The van der Waals surface area contributed by atoms with Gasteiger partial charge in [-0.25, -0.2) is 9.59 Å². The standard InChI is InChI=1S/2C8H16O3.C6H10O4/c2*1-5-6-7(9)10-11-8(2,3)4;7-5(8)3-1-2-4-6(9)10/h2*5-6H2,1-4H3;1-4H2,(H,7,8)(H,9,10). The number of hydrogen-bond acceptors (Lipinski definition) is 8. The Bertz CT molecular complexity index is 482. The van der Waals surface area contributed by atoms with Gasteiger partial charge in [0.05, 0.1) is 0 Å². The summed E-state index contributed by atoms with van der Waals surface area (Å²) < 4.78 is 0. The van der Waals surface area contributed by atoms with Crippen molar-refractivity contribution in [1.29, 1.82) is 0 Å². The third kappa shape index (κ3) is 38.4. The first-order chi connectivity index (χ1) is 14.5. The van der Waals surface area contributed by atoms with Crippen LogP contribution >= 0.6 is 0 Å². The van der Waals surface area contributed by atoms with Crippen molar-refractivity contribution in [3.8, 4) is 0 Å². The number of carbonyl (C=O) groups is 4. The highest BCUT2D eigenvalue weighted by molar-refractivity contribution is 5.69. The molecule has 0 aliphatic heterocycles. The molecule has 0 rings (SSSR count). The van der Waals surface area contributed by atoms with E-state index in [4.69, 9.17) is 20.0 Å². The molecule has 0 fully saturated rings. The molecule has 0 aromatic rings. The monoisotopic (exact) mass is 466 g/mol. The Balaban J connectivity index is -0.000000395. The minimum atomic E-state index is -0.870. The Morgan fingerprint density at radius 1 is 0.594 bits per heavy atom. The molecule has 0 aliphatic rings. The van der Waals surface area contributed by atoms with Crippen molar-refractivity contribution in [2.45, 2.75) is 118 Å². The van der Waals surface area contributed by atoms with Crippen LogP contribution in [0, 0.1) is 0 Å². The number of rotatable bonds is 11. The Kier molecular flexibility index (Phi) is 21.0. The van der Waals surface area contributed by atoms with Crippen LogP contribution in [0.4, 0.5) is 0 Å². The topological polar surface area (TPSA) is 146 Å². The molecule has 0 aromatic heterocycles. The maximum absolute atomic E-state index is 10.7. The Morgan fingerprint density at radius 3 is 1.06 bits per heavy atom. The molecule has 10 nitrogen and oxygen atoms in total. The molecule has 2 N–H and O–H groups in total. The van der Waals surface area contributed by atoms with E-state index in [2.05, 4.69) is 9.78 Å². The van der Waals surface area contributed by atoms with Gasteiger partial charge < -0.3 is 10.2 Å². The van der Waals surface area contributed by atoms with E-state index >= 15 is 0 Å². The van der Waals surface area contributed by atoms with Gasteiger partial charge in [0.2, 0.25) is 0 Å². The molecule has 0 unspecified atom stereocenters. The van der Waals surface area contributed by atoms with E-state index in [1.165, 1.54) is 0 Å². The van der Waals surface area contributed by atoms with Crippen LogP contribution in [-0.4, -0.2) is 45.3 Å². The van der Waals surface area contributed by atoms with Crippen molar-refractivity contribution in [1.82, 2.24) is 0 Å². The summed E-state index contributed by atoms with van der Waals surface area (Å²) in [5.41, 5.74) is -0.827. The number of aliphatic carboxylic acids is 2. The average molecular weight is 467 g/mol. The molecular weight excluding hydrogens is 424 g/mol. The van der Waals surface area contributed by atoms with Gasteiger partial charge in [0, 0.05) is 25.7 Å². The van der Waals surface area contributed by atoms with Gasteiger partial charge in [0.25, 0.3) is 0 Å². The SMILES string of the molecule is CCCC(=O)OOC(C)(C)C.CCCC(=O)OOC(C)(C)C.O=C(O)CCCCC(=O)O. The zero-order valence-corrected chi connectivity index (χ0v) is 20.8. The molecule has 0 saturated heterocycles. The minimum Gasteiger partial charge on any atom is -0.481 e. The summed E-state index contributed by atoms with van der Waals surface area (Å²) >= 11 is 0. The number of hydrogen-bond donors (Lipinski definition) is 2. The first kappa shape index (κ1) is 34.4. The second-order valence-electron chi connectivity index (χ2n) is 8.80. The van der Waals surface area contributed by atoms with E-state index in [-0.39, 0.29) is 24.8 Å².